The van der Waals surface area contributed by atoms with Crippen LogP contribution in [-0.2, 0) is 17.3 Å². The molecule has 2 heterocycles. The fraction of sp³-hybridized carbons (Fsp3) is 0.750. The van der Waals surface area contributed by atoms with Crippen molar-refractivity contribution >= 4 is 5.91 Å². The van der Waals surface area contributed by atoms with Gasteiger partial charge in [0.15, 0.2) is 0 Å². The van der Waals surface area contributed by atoms with E-state index in [-0.39, 0.29) is 11.3 Å². The summed E-state index contributed by atoms with van der Waals surface area (Å²) in [6.07, 6.45) is 6.33. The maximum Gasteiger partial charge on any atom is 0.233 e. The monoisotopic (exact) mass is 275 g/mol. The van der Waals surface area contributed by atoms with Crippen molar-refractivity contribution < 1.29 is 4.79 Å². The van der Waals surface area contributed by atoms with Gasteiger partial charge in [0, 0.05) is 36.8 Å². The molecule has 1 aromatic heterocycles. The van der Waals surface area contributed by atoms with Gasteiger partial charge in [-0.05, 0) is 32.6 Å². The zero-order valence-corrected chi connectivity index (χ0v) is 13.2. The molecule has 1 amide bonds. The second-order valence-electron chi connectivity index (χ2n) is 7.73. The van der Waals surface area contributed by atoms with Gasteiger partial charge in [0.1, 0.15) is 0 Å². The molecule has 2 aliphatic rings. The summed E-state index contributed by atoms with van der Waals surface area (Å²) in [6, 6.07) is 0.436. The second-order valence-corrected chi connectivity index (χ2v) is 7.73. The minimum absolute atomic E-state index is 0.252. The number of hydrogen-bond donors (Lipinski definition) is 0. The molecule has 1 atom stereocenters. The van der Waals surface area contributed by atoms with Crippen LogP contribution in [0.2, 0.25) is 0 Å². The Hall–Kier alpha value is -1.32. The summed E-state index contributed by atoms with van der Waals surface area (Å²) in [7, 11) is 1.89. The summed E-state index contributed by atoms with van der Waals surface area (Å²) in [5.74, 6) is 0.981. The Kier molecular flexibility index (Phi) is 2.79. The van der Waals surface area contributed by atoms with Gasteiger partial charge in [-0.15, -0.1) is 0 Å². The number of carbonyl (C=O) groups is 1. The third-order valence-corrected chi connectivity index (χ3v) is 5.00. The van der Waals surface area contributed by atoms with Crippen molar-refractivity contribution in [2.24, 2.45) is 18.4 Å². The summed E-state index contributed by atoms with van der Waals surface area (Å²) in [5.41, 5.74) is 0.795. The zero-order valence-electron chi connectivity index (χ0n) is 13.2. The number of rotatable bonds is 3. The summed E-state index contributed by atoms with van der Waals surface area (Å²) in [5, 5.41) is 4.21. The number of hydrogen-bond acceptors (Lipinski definition) is 2. The highest BCUT2D eigenvalue weighted by molar-refractivity contribution is 5.88. The van der Waals surface area contributed by atoms with Crippen LogP contribution in [0.4, 0.5) is 0 Å². The smallest absolute Gasteiger partial charge is 0.233 e. The molecule has 0 radical (unpaired) electrons. The summed E-state index contributed by atoms with van der Waals surface area (Å²) < 4.78 is 1.77. The molecule has 0 aromatic carbocycles. The van der Waals surface area contributed by atoms with E-state index in [1.165, 1.54) is 12.8 Å². The van der Waals surface area contributed by atoms with Crippen molar-refractivity contribution in [2.75, 3.05) is 6.54 Å². The predicted molar refractivity (Wildman–Crippen MR) is 78.2 cm³/mol. The third kappa shape index (κ3) is 1.97. The van der Waals surface area contributed by atoms with E-state index >= 15 is 0 Å². The van der Waals surface area contributed by atoms with Crippen molar-refractivity contribution in [3.05, 3.63) is 18.0 Å². The topological polar surface area (TPSA) is 38.1 Å². The highest BCUT2D eigenvalue weighted by Gasteiger charge is 2.56. The molecule has 1 aliphatic heterocycles. The Morgan fingerprint density at radius 3 is 2.50 bits per heavy atom. The first-order valence-corrected chi connectivity index (χ1v) is 7.54. The van der Waals surface area contributed by atoms with E-state index in [1.807, 2.05) is 33.3 Å². The van der Waals surface area contributed by atoms with E-state index in [0.717, 1.165) is 18.0 Å². The Bertz CT molecular complexity index is 540. The molecule has 20 heavy (non-hydrogen) atoms. The number of aromatic nitrogens is 2. The number of nitrogens with zero attached hydrogens (tertiary/aromatic N) is 3. The standard InChI is InChI=1S/C16H25N3O/c1-15(2)10-19(13(15)11-6-7-11)14(20)16(3,4)12-8-17-18(5)9-12/h8-9,11,13H,6-7,10H2,1-5H3. The van der Waals surface area contributed by atoms with Crippen molar-refractivity contribution in [1.29, 1.82) is 0 Å². The lowest BCUT2D eigenvalue weighted by atomic mass is 9.70. The lowest BCUT2D eigenvalue weighted by Gasteiger charge is -2.56. The van der Waals surface area contributed by atoms with Gasteiger partial charge < -0.3 is 4.90 Å². The van der Waals surface area contributed by atoms with E-state index in [0.29, 0.717) is 6.04 Å². The lowest BCUT2D eigenvalue weighted by Crippen LogP contribution is -2.67. The minimum atomic E-state index is -0.488. The predicted octanol–water partition coefficient (Wildman–Crippen LogP) is 2.34. The maximum absolute atomic E-state index is 13.0. The highest BCUT2D eigenvalue weighted by Crippen LogP contribution is 2.51. The summed E-state index contributed by atoms with van der Waals surface area (Å²) in [6.45, 7) is 9.49. The minimum Gasteiger partial charge on any atom is -0.337 e. The highest BCUT2D eigenvalue weighted by atomic mass is 16.2. The molecule has 2 fully saturated rings. The first kappa shape index (κ1) is 13.7. The molecular weight excluding hydrogens is 250 g/mol. The van der Waals surface area contributed by atoms with Gasteiger partial charge in [-0.1, -0.05) is 13.8 Å². The number of amides is 1. The van der Waals surface area contributed by atoms with E-state index in [2.05, 4.69) is 23.8 Å². The average molecular weight is 275 g/mol. The first-order chi connectivity index (χ1) is 9.23. The van der Waals surface area contributed by atoms with Gasteiger partial charge in [-0.25, -0.2) is 0 Å². The quantitative estimate of drug-likeness (QED) is 0.849. The SMILES string of the molecule is Cn1cc(C(C)(C)C(=O)N2CC(C)(C)C2C2CC2)cn1. The second kappa shape index (κ2) is 4.09. The van der Waals surface area contributed by atoms with Gasteiger partial charge in [0.05, 0.1) is 11.6 Å². The Morgan fingerprint density at radius 2 is 2.05 bits per heavy atom. The first-order valence-electron chi connectivity index (χ1n) is 7.54. The molecule has 1 saturated heterocycles. The molecule has 4 nitrogen and oxygen atoms in total. The van der Waals surface area contributed by atoms with Crippen molar-refractivity contribution in [3.63, 3.8) is 0 Å². The molecule has 1 unspecified atom stereocenters. The Balaban J connectivity index is 1.82. The van der Waals surface area contributed by atoms with Crippen LogP contribution in [0, 0.1) is 11.3 Å². The van der Waals surface area contributed by atoms with E-state index in [9.17, 15) is 4.79 Å². The average Bonchev–Trinajstić information content (AvgIpc) is 3.04. The van der Waals surface area contributed by atoms with Gasteiger partial charge in [0.2, 0.25) is 5.91 Å². The van der Waals surface area contributed by atoms with E-state index in [1.54, 1.807) is 4.68 Å². The summed E-state index contributed by atoms with van der Waals surface area (Å²) >= 11 is 0. The number of carbonyl (C=O) groups excluding carboxylic acids is 1. The van der Waals surface area contributed by atoms with Crippen LogP contribution in [0.1, 0.15) is 46.1 Å². The molecule has 110 valence electrons. The lowest BCUT2D eigenvalue weighted by molar-refractivity contribution is -0.158. The van der Waals surface area contributed by atoms with Gasteiger partial charge in [-0.2, -0.15) is 5.10 Å². The van der Waals surface area contributed by atoms with Crippen molar-refractivity contribution in [1.82, 2.24) is 14.7 Å². The van der Waals surface area contributed by atoms with Crippen LogP contribution >= 0.6 is 0 Å². The molecule has 3 rings (SSSR count). The van der Waals surface area contributed by atoms with Crippen LogP contribution in [-0.4, -0.2) is 33.2 Å². The van der Waals surface area contributed by atoms with E-state index in [4.69, 9.17) is 0 Å². The Morgan fingerprint density at radius 1 is 1.40 bits per heavy atom. The molecule has 1 aliphatic carbocycles. The van der Waals surface area contributed by atoms with Gasteiger partial charge in [0.25, 0.3) is 0 Å². The fourth-order valence-electron chi connectivity index (χ4n) is 3.67. The van der Waals surface area contributed by atoms with Crippen LogP contribution in [0.5, 0.6) is 0 Å². The van der Waals surface area contributed by atoms with Crippen LogP contribution in [0.25, 0.3) is 0 Å². The maximum atomic E-state index is 13.0. The molecule has 0 N–H and O–H groups in total. The zero-order chi connectivity index (χ0) is 14.7. The van der Waals surface area contributed by atoms with Crippen LogP contribution < -0.4 is 0 Å². The molecule has 0 bridgehead atoms. The number of aryl methyl sites for hydroxylation is 1. The largest absolute Gasteiger partial charge is 0.337 e. The van der Waals surface area contributed by atoms with Crippen molar-refractivity contribution in [2.45, 2.75) is 52.0 Å². The summed E-state index contributed by atoms with van der Waals surface area (Å²) in [4.78, 5) is 15.1. The van der Waals surface area contributed by atoms with Crippen LogP contribution in [0.3, 0.4) is 0 Å². The molecule has 1 aromatic rings. The van der Waals surface area contributed by atoms with Gasteiger partial charge >= 0.3 is 0 Å². The van der Waals surface area contributed by atoms with E-state index < -0.39 is 5.41 Å². The molecular formula is C16H25N3O. The molecule has 4 heteroatoms. The van der Waals surface area contributed by atoms with Crippen molar-refractivity contribution in [3.8, 4) is 0 Å². The van der Waals surface area contributed by atoms with Crippen LogP contribution in [0.15, 0.2) is 12.4 Å². The fourth-order valence-corrected chi connectivity index (χ4v) is 3.67. The molecule has 1 saturated carbocycles. The normalized spacial score (nSPS) is 25.4. The third-order valence-electron chi connectivity index (χ3n) is 5.00. The number of likely N-dealkylation sites (tertiary alicyclic amines) is 1. The Labute approximate surface area is 121 Å². The molecule has 0 spiro atoms. The van der Waals surface area contributed by atoms with Gasteiger partial charge in [-0.3, -0.25) is 9.48 Å².